The lowest BCUT2D eigenvalue weighted by Crippen LogP contribution is -2.35. The molecule has 1 aliphatic rings. The molecule has 1 fully saturated rings. The van der Waals surface area contributed by atoms with Gasteiger partial charge in [0.25, 0.3) is 0 Å². The van der Waals surface area contributed by atoms with Gasteiger partial charge in [0.05, 0.1) is 7.11 Å². The van der Waals surface area contributed by atoms with Crippen LogP contribution in [0.5, 0.6) is 5.75 Å². The summed E-state index contributed by atoms with van der Waals surface area (Å²) in [6.07, 6.45) is 6.90. The Morgan fingerprint density at radius 2 is 1.91 bits per heavy atom. The van der Waals surface area contributed by atoms with Crippen molar-refractivity contribution in [3.8, 4) is 17.1 Å². The van der Waals surface area contributed by atoms with Gasteiger partial charge in [-0.25, -0.2) is 0 Å². The molecule has 5 nitrogen and oxygen atoms in total. The summed E-state index contributed by atoms with van der Waals surface area (Å²) in [5.41, 5.74) is 7.10. The zero-order valence-corrected chi connectivity index (χ0v) is 13.0. The first kappa shape index (κ1) is 15.0. The van der Waals surface area contributed by atoms with Crippen molar-refractivity contribution in [1.29, 1.82) is 0 Å². The molecule has 0 saturated heterocycles. The summed E-state index contributed by atoms with van der Waals surface area (Å²) >= 11 is 0. The molecular formula is C17H23N3O2. The highest BCUT2D eigenvalue weighted by atomic mass is 16.5. The first-order valence-corrected chi connectivity index (χ1v) is 7.92. The molecule has 2 N–H and O–H groups in total. The SMILES string of the molecule is COc1ccc(-c2noc(CC3(CN)CCCCC3)n2)cc1. The molecule has 0 spiro atoms. The molecule has 1 aliphatic carbocycles. The van der Waals surface area contributed by atoms with Gasteiger partial charge in [-0.05, 0) is 49.1 Å². The molecule has 1 aromatic heterocycles. The van der Waals surface area contributed by atoms with E-state index in [0.717, 1.165) is 30.6 Å². The Morgan fingerprint density at radius 1 is 1.18 bits per heavy atom. The van der Waals surface area contributed by atoms with Crippen LogP contribution in [-0.2, 0) is 6.42 Å². The molecule has 5 heteroatoms. The van der Waals surface area contributed by atoms with Gasteiger partial charge < -0.3 is 15.0 Å². The van der Waals surface area contributed by atoms with Gasteiger partial charge in [-0.3, -0.25) is 0 Å². The Hall–Kier alpha value is -1.88. The zero-order chi connectivity index (χ0) is 15.4. The fourth-order valence-electron chi connectivity index (χ4n) is 3.26. The maximum atomic E-state index is 6.03. The van der Waals surface area contributed by atoms with E-state index in [9.17, 15) is 0 Å². The number of ether oxygens (including phenoxy) is 1. The molecule has 2 aromatic rings. The van der Waals surface area contributed by atoms with Gasteiger partial charge in [-0.2, -0.15) is 4.98 Å². The lowest BCUT2D eigenvalue weighted by molar-refractivity contribution is 0.177. The summed E-state index contributed by atoms with van der Waals surface area (Å²) in [5.74, 6) is 2.13. The second-order valence-corrected chi connectivity index (χ2v) is 6.18. The van der Waals surface area contributed by atoms with Crippen LogP contribution in [0.2, 0.25) is 0 Å². The molecule has 0 amide bonds. The number of hydrogen-bond acceptors (Lipinski definition) is 5. The van der Waals surface area contributed by atoms with E-state index in [2.05, 4.69) is 10.1 Å². The highest BCUT2D eigenvalue weighted by Gasteiger charge is 2.33. The first-order valence-electron chi connectivity index (χ1n) is 7.92. The summed E-state index contributed by atoms with van der Waals surface area (Å²) in [7, 11) is 1.65. The van der Waals surface area contributed by atoms with Gasteiger partial charge >= 0.3 is 0 Å². The maximum Gasteiger partial charge on any atom is 0.227 e. The van der Waals surface area contributed by atoms with E-state index in [-0.39, 0.29) is 5.41 Å². The van der Waals surface area contributed by atoms with Gasteiger partial charge in [0, 0.05) is 12.0 Å². The lowest BCUT2D eigenvalue weighted by Gasteiger charge is -2.34. The summed E-state index contributed by atoms with van der Waals surface area (Å²) in [5, 5.41) is 4.11. The van der Waals surface area contributed by atoms with Crippen LogP contribution in [0.25, 0.3) is 11.4 Å². The van der Waals surface area contributed by atoms with Gasteiger partial charge in [0.15, 0.2) is 0 Å². The minimum Gasteiger partial charge on any atom is -0.497 e. The molecule has 1 saturated carbocycles. The van der Waals surface area contributed by atoms with Crippen molar-refractivity contribution in [1.82, 2.24) is 10.1 Å². The fourth-order valence-corrected chi connectivity index (χ4v) is 3.26. The Kier molecular flexibility index (Phi) is 4.43. The van der Waals surface area contributed by atoms with E-state index in [1.807, 2.05) is 24.3 Å². The number of benzene rings is 1. The normalized spacial score (nSPS) is 17.4. The molecule has 3 rings (SSSR count). The highest BCUT2D eigenvalue weighted by molar-refractivity contribution is 5.55. The van der Waals surface area contributed by atoms with Crippen LogP contribution in [0.15, 0.2) is 28.8 Å². The topological polar surface area (TPSA) is 74.2 Å². The first-order chi connectivity index (χ1) is 10.7. The molecule has 0 radical (unpaired) electrons. The molecule has 0 atom stereocenters. The Balaban J connectivity index is 1.75. The van der Waals surface area contributed by atoms with E-state index in [4.69, 9.17) is 15.0 Å². The average Bonchev–Trinajstić information content (AvgIpc) is 3.04. The molecular weight excluding hydrogens is 278 g/mol. The monoisotopic (exact) mass is 301 g/mol. The molecule has 0 unspecified atom stereocenters. The molecule has 0 bridgehead atoms. The summed E-state index contributed by atoms with van der Waals surface area (Å²) < 4.78 is 10.6. The van der Waals surface area contributed by atoms with E-state index in [0.29, 0.717) is 18.3 Å². The van der Waals surface area contributed by atoms with Crippen molar-refractivity contribution in [2.45, 2.75) is 38.5 Å². The number of aromatic nitrogens is 2. The van der Waals surface area contributed by atoms with Crippen LogP contribution in [0.4, 0.5) is 0 Å². The summed E-state index contributed by atoms with van der Waals surface area (Å²) in [6, 6.07) is 7.67. The number of rotatable bonds is 5. The number of nitrogens with zero attached hydrogens (tertiary/aromatic N) is 2. The smallest absolute Gasteiger partial charge is 0.227 e. The van der Waals surface area contributed by atoms with Gasteiger partial charge in [-0.15, -0.1) is 0 Å². The fraction of sp³-hybridized carbons (Fsp3) is 0.529. The van der Waals surface area contributed by atoms with Crippen LogP contribution in [0.1, 0.15) is 38.0 Å². The van der Waals surface area contributed by atoms with Crippen molar-refractivity contribution in [2.24, 2.45) is 11.1 Å². The molecule has 118 valence electrons. The predicted octanol–water partition coefficient (Wildman–Crippen LogP) is 3.20. The van der Waals surface area contributed by atoms with Crippen molar-refractivity contribution in [2.75, 3.05) is 13.7 Å². The Labute approximate surface area is 130 Å². The van der Waals surface area contributed by atoms with Crippen molar-refractivity contribution >= 4 is 0 Å². The predicted molar refractivity (Wildman–Crippen MR) is 84.6 cm³/mol. The lowest BCUT2D eigenvalue weighted by atomic mass is 9.72. The third-order valence-corrected chi connectivity index (χ3v) is 4.69. The third kappa shape index (κ3) is 3.14. The van der Waals surface area contributed by atoms with E-state index in [1.54, 1.807) is 7.11 Å². The van der Waals surface area contributed by atoms with Gasteiger partial charge in [0.1, 0.15) is 5.75 Å². The van der Waals surface area contributed by atoms with Crippen molar-refractivity contribution < 1.29 is 9.26 Å². The van der Waals surface area contributed by atoms with Crippen LogP contribution in [0, 0.1) is 5.41 Å². The second-order valence-electron chi connectivity index (χ2n) is 6.18. The molecule has 1 aromatic carbocycles. The van der Waals surface area contributed by atoms with E-state index in [1.165, 1.54) is 19.3 Å². The second kappa shape index (κ2) is 6.48. The summed E-state index contributed by atoms with van der Waals surface area (Å²) in [4.78, 5) is 4.55. The molecule has 1 heterocycles. The van der Waals surface area contributed by atoms with Crippen LogP contribution >= 0.6 is 0 Å². The number of methoxy groups -OCH3 is 1. The van der Waals surface area contributed by atoms with Crippen LogP contribution in [-0.4, -0.2) is 23.8 Å². The molecule has 0 aliphatic heterocycles. The number of hydrogen-bond donors (Lipinski definition) is 1. The minimum absolute atomic E-state index is 0.141. The third-order valence-electron chi connectivity index (χ3n) is 4.69. The average molecular weight is 301 g/mol. The standard InChI is InChI=1S/C17H23N3O2/c1-21-14-7-5-13(6-8-14)16-19-15(22-20-16)11-17(12-18)9-3-2-4-10-17/h5-8H,2-4,9-12,18H2,1H3. The largest absolute Gasteiger partial charge is 0.497 e. The van der Waals surface area contributed by atoms with E-state index >= 15 is 0 Å². The van der Waals surface area contributed by atoms with Crippen LogP contribution in [0.3, 0.4) is 0 Å². The van der Waals surface area contributed by atoms with Crippen LogP contribution < -0.4 is 10.5 Å². The van der Waals surface area contributed by atoms with Crippen molar-refractivity contribution in [3.63, 3.8) is 0 Å². The van der Waals surface area contributed by atoms with Crippen molar-refractivity contribution in [3.05, 3.63) is 30.2 Å². The molecule has 22 heavy (non-hydrogen) atoms. The summed E-state index contributed by atoms with van der Waals surface area (Å²) in [6.45, 7) is 0.688. The quantitative estimate of drug-likeness (QED) is 0.918. The Morgan fingerprint density at radius 3 is 2.55 bits per heavy atom. The maximum absolute atomic E-state index is 6.03. The zero-order valence-electron chi connectivity index (χ0n) is 13.0. The van der Waals surface area contributed by atoms with Gasteiger partial charge in [-0.1, -0.05) is 24.4 Å². The minimum atomic E-state index is 0.141. The highest BCUT2D eigenvalue weighted by Crippen LogP contribution is 2.38. The Bertz CT molecular complexity index is 601. The number of nitrogens with two attached hydrogens (primary N) is 1. The van der Waals surface area contributed by atoms with E-state index < -0.39 is 0 Å². The van der Waals surface area contributed by atoms with Gasteiger partial charge in [0.2, 0.25) is 11.7 Å².